The molecule has 0 N–H and O–H groups in total. The van der Waals surface area contributed by atoms with Crippen molar-refractivity contribution < 1.29 is 22.3 Å². The van der Waals surface area contributed by atoms with Gasteiger partial charge >= 0.3 is 6.18 Å². The van der Waals surface area contributed by atoms with Crippen LogP contribution in [0.25, 0.3) is 5.57 Å². The Kier molecular flexibility index (Phi) is 5.99. The summed E-state index contributed by atoms with van der Waals surface area (Å²) in [5, 5.41) is 0. The van der Waals surface area contributed by atoms with Crippen molar-refractivity contribution in [3.63, 3.8) is 0 Å². The Hall–Kier alpha value is -3.61. The number of fused-ring (bicyclic) bond motifs is 1. The number of furan rings is 1. The molecular formula is C25H21F3N2O2. The molecule has 1 aliphatic carbocycles. The third-order valence-corrected chi connectivity index (χ3v) is 5.15. The molecule has 0 saturated carbocycles. The van der Waals surface area contributed by atoms with Crippen LogP contribution in [-0.2, 0) is 11.2 Å². The maximum Gasteiger partial charge on any atom is 0.418 e. The van der Waals surface area contributed by atoms with E-state index in [1.807, 2.05) is 30.3 Å². The number of aliphatic imine (C=N–C) groups is 2. The summed E-state index contributed by atoms with van der Waals surface area (Å²) in [6, 6.07) is 11.4. The van der Waals surface area contributed by atoms with E-state index in [1.54, 1.807) is 18.2 Å². The average molecular weight is 438 g/mol. The van der Waals surface area contributed by atoms with Crippen molar-refractivity contribution in [2.45, 2.75) is 19.0 Å². The number of rotatable bonds is 6. The largest absolute Gasteiger partial charge is 0.484 e. The molecule has 4 nitrogen and oxygen atoms in total. The van der Waals surface area contributed by atoms with Crippen molar-refractivity contribution in [1.29, 1.82) is 0 Å². The fraction of sp³-hybridized carbons (Fsp3) is 0.200. The lowest BCUT2D eigenvalue weighted by atomic mass is 9.87. The molecule has 0 radical (unpaired) electrons. The molecule has 4 rings (SSSR count). The first-order valence-corrected chi connectivity index (χ1v) is 9.99. The van der Waals surface area contributed by atoms with Crippen molar-refractivity contribution in [3.05, 3.63) is 102 Å². The van der Waals surface area contributed by atoms with Gasteiger partial charge in [-0.25, -0.2) is 4.99 Å². The predicted octanol–water partition coefficient (Wildman–Crippen LogP) is 6.31. The molecule has 0 amide bonds. The number of halogens is 3. The van der Waals surface area contributed by atoms with Crippen LogP contribution in [-0.4, -0.2) is 24.9 Å². The molecule has 1 aromatic heterocycles. The lowest BCUT2D eigenvalue weighted by molar-refractivity contribution is -0.0862. The molecule has 1 unspecified atom stereocenters. The summed E-state index contributed by atoms with van der Waals surface area (Å²) in [5.74, 6) is -0.237. The van der Waals surface area contributed by atoms with Crippen molar-refractivity contribution in [1.82, 2.24) is 0 Å². The van der Waals surface area contributed by atoms with Crippen LogP contribution in [0.1, 0.15) is 17.5 Å². The zero-order valence-corrected chi connectivity index (χ0v) is 17.4. The number of hydrogen-bond acceptors (Lipinski definition) is 4. The minimum atomic E-state index is -4.52. The van der Waals surface area contributed by atoms with Gasteiger partial charge in [0.1, 0.15) is 0 Å². The fourth-order valence-corrected chi connectivity index (χ4v) is 3.68. The average Bonchev–Trinajstić information content (AvgIpc) is 3.42. The molecular weight excluding hydrogens is 417 g/mol. The molecule has 1 aliphatic heterocycles. The molecule has 32 heavy (non-hydrogen) atoms. The van der Waals surface area contributed by atoms with E-state index in [-0.39, 0.29) is 12.1 Å². The Labute approximate surface area is 183 Å². The maximum absolute atomic E-state index is 13.7. The van der Waals surface area contributed by atoms with Crippen LogP contribution in [0, 0.1) is 5.92 Å². The second-order valence-electron chi connectivity index (χ2n) is 7.49. The first kappa shape index (κ1) is 21.6. The van der Waals surface area contributed by atoms with Crippen LogP contribution in [0.15, 0.2) is 105 Å². The molecule has 0 saturated heterocycles. The van der Waals surface area contributed by atoms with Gasteiger partial charge in [0, 0.05) is 29.3 Å². The first-order valence-electron chi connectivity index (χ1n) is 9.99. The van der Waals surface area contributed by atoms with Crippen molar-refractivity contribution in [3.8, 4) is 0 Å². The van der Waals surface area contributed by atoms with Crippen LogP contribution in [0.2, 0.25) is 0 Å². The van der Waals surface area contributed by atoms with Gasteiger partial charge in [0.05, 0.1) is 37.3 Å². The Bertz CT molecular complexity index is 1150. The van der Waals surface area contributed by atoms with Gasteiger partial charge in [0.15, 0.2) is 5.90 Å². The van der Waals surface area contributed by atoms with E-state index >= 15 is 0 Å². The minimum Gasteiger partial charge on any atom is -0.484 e. The summed E-state index contributed by atoms with van der Waals surface area (Å²) in [4.78, 5) is 8.70. The summed E-state index contributed by atoms with van der Waals surface area (Å²) in [5.41, 5.74) is 2.39. The highest BCUT2D eigenvalue weighted by Crippen LogP contribution is 2.40. The number of methoxy groups -OCH3 is 1. The van der Waals surface area contributed by atoms with Gasteiger partial charge in [-0.3, -0.25) is 4.99 Å². The van der Waals surface area contributed by atoms with Crippen LogP contribution < -0.4 is 0 Å². The topological polar surface area (TPSA) is 47.1 Å². The number of hydrogen-bond donors (Lipinski definition) is 0. The number of alkyl halides is 3. The fourth-order valence-electron chi connectivity index (χ4n) is 3.68. The summed E-state index contributed by atoms with van der Waals surface area (Å²) in [6.07, 6.45) is 3.63. The predicted molar refractivity (Wildman–Crippen MR) is 118 cm³/mol. The summed E-state index contributed by atoms with van der Waals surface area (Å²) < 4.78 is 51.6. The lowest BCUT2D eigenvalue weighted by Gasteiger charge is -2.20. The van der Waals surface area contributed by atoms with Crippen molar-refractivity contribution in [2.75, 3.05) is 7.11 Å². The zero-order chi connectivity index (χ0) is 22.7. The smallest absolute Gasteiger partial charge is 0.418 e. The third-order valence-electron chi connectivity index (χ3n) is 5.15. The van der Waals surface area contributed by atoms with Gasteiger partial charge < -0.3 is 9.15 Å². The molecule has 2 aromatic rings. The third kappa shape index (κ3) is 4.82. The Balaban J connectivity index is 1.56. The monoisotopic (exact) mass is 438 g/mol. The first-order chi connectivity index (χ1) is 15.3. The van der Waals surface area contributed by atoms with Gasteiger partial charge in [-0.15, -0.1) is 0 Å². The molecule has 164 valence electrons. The second kappa shape index (κ2) is 8.86. The number of nitrogens with zero attached hydrogens (tertiary/aromatic N) is 2. The summed E-state index contributed by atoms with van der Waals surface area (Å²) in [6.45, 7) is 3.97. The SMILES string of the molecule is C=C(Cc1ccccc1)N=C(CC1=CC2C=C(c3ccoc3)C=C(C(F)(F)F)C2=N1)OC. The van der Waals surface area contributed by atoms with Gasteiger partial charge in [0.25, 0.3) is 0 Å². The van der Waals surface area contributed by atoms with E-state index in [2.05, 4.69) is 16.6 Å². The molecule has 2 aliphatic rings. The lowest BCUT2D eigenvalue weighted by Crippen LogP contribution is -2.25. The van der Waals surface area contributed by atoms with Crippen LogP contribution in [0.5, 0.6) is 0 Å². The normalized spacial score (nSPS) is 18.4. The van der Waals surface area contributed by atoms with Gasteiger partial charge in [0.2, 0.25) is 0 Å². The summed E-state index contributed by atoms with van der Waals surface area (Å²) in [7, 11) is 1.47. The minimum absolute atomic E-state index is 0.0155. The highest BCUT2D eigenvalue weighted by molar-refractivity contribution is 6.11. The second-order valence-corrected chi connectivity index (χ2v) is 7.49. The molecule has 0 bridgehead atoms. The van der Waals surface area contributed by atoms with E-state index in [0.717, 1.165) is 11.6 Å². The van der Waals surface area contributed by atoms with Crippen molar-refractivity contribution in [2.24, 2.45) is 15.9 Å². The molecule has 7 heteroatoms. The highest BCUT2D eigenvalue weighted by atomic mass is 19.4. The van der Waals surface area contributed by atoms with Crippen LogP contribution in [0.3, 0.4) is 0 Å². The van der Waals surface area contributed by atoms with E-state index in [9.17, 15) is 13.2 Å². The molecule has 0 fully saturated rings. The molecule has 1 aromatic carbocycles. The number of ether oxygens (including phenoxy) is 1. The number of allylic oxidation sites excluding steroid dienone is 6. The van der Waals surface area contributed by atoms with Crippen LogP contribution >= 0.6 is 0 Å². The van der Waals surface area contributed by atoms with Gasteiger partial charge in [-0.1, -0.05) is 43.0 Å². The Morgan fingerprint density at radius 2 is 1.94 bits per heavy atom. The van der Waals surface area contributed by atoms with E-state index < -0.39 is 17.7 Å². The van der Waals surface area contributed by atoms with E-state index in [0.29, 0.717) is 34.8 Å². The number of benzene rings is 1. The van der Waals surface area contributed by atoms with Gasteiger partial charge in [-0.2, -0.15) is 13.2 Å². The molecule has 0 spiro atoms. The van der Waals surface area contributed by atoms with Crippen LogP contribution in [0.4, 0.5) is 13.2 Å². The molecule has 1 atom stereocenters. The highest BCUT2D eigenvalue weighted by Gasteiger charge is 2.42. The Morgan fingerprint density at radius 1 is 1.16 bits per heavy atom. The van der Waals surface area contributed by atoms with Crippen molar-refractivity contribution >= 4 is 17.2 Å². The maximum atomic E-state index is 13.7. The standard InChI is InChI=1S/C25H21F3N2O2/c1-16(10-17-6-4-3-5-7-17)29-23(31-2)14-21-12-20-11-19(18-8-9-32-15-18)13-22(24(20)30-21)25(26,27)28/h3-9,11-13,15,20H,1,10,14H2,2H3. The summed E-state index contributed by atoms with van der Waals surface area (Å²) >= 11 is 0. The quantitative estimate of drug-likeness (QED) is 0.392. The van der Waals surface area contributed by atoms with Gasteiger partial charge in [-0.05, 0) is 29.4 Å². The zero-order valence-electron chi connectivity index (χ0n) is 17.4. The van der Waals surface area contributed by atoms with E-state index in [1.165, 1.54) is 19.6 Å². The van der Waals surface area contributed by atoms with E-state index in [4.69, 9.17) is 9.15 Å². The molecule has 2 heterocycles. The Morgan fingerprint density at radius 3 is 2.59 bits per heavy atom.